The Morgan fingerprint density at radius 3 is 2.75 bits per heavy atom. The molecule has 5 heteroatoms. The second-order valence-corrected chi connectivity index (χ2v) is 7.04. The predicted molar refractivity (Wildman–Crippen MR) is 85.2 cm³/mol. The van der Waals surface area contributed by atoms with Crippen LogP contribution in [0, 0.1) is 12.7 Å². The number of nitrogens with one attached hydrogen (secondary N) is 1. The monoisotopic (exact) mass is 357 g/mol. The van der Waals surface area contributed by atoms with Gasteiger partial charge in [0.1, 0.15) is 11.6 Å². The molecule has 2 aromatic rings. The van der Waals surface area contributed by atoms with Crippen LogP contribution in [0.15, 0.2) is 28.1 Å². The van der Waals surface area contributed by atoms with E-state index in [9.17, 15) is 4.39 Å². The number of rotatable bonds is 5. The highest BCUT2D eigenvalue weighted by Gasteiger charge is 2.24. The number of hydrogen-bond donors (Lipinski definition) is 1. The van der Waals surface area contributed by atoms with Crippen molar-refractivity contribution in [2.75, 3.05) is 13.7 Å². The highest BCUT2D eigenvalue weighted by Crippen LogP contribution is 2.37. The van der Waals surface area contributed by atoms with Gasteiger partial charge in [-0.1, -0.05) is 13.0 Å². The highest BCUT2D eigenvalue weighted by atomic mass is 79.9. The van der Waals surface area contributed by atoms with Gasteiger partial charge in [-0.3, -0.25) is 0 Å². The van der Waals surface area contributed by atoms with Crippen LogP contribution in [-0.2, 0) is 0 Å². The zero-order valence-electron chi connectivity index (χ0n) is 11.7. The number of aryl methyl sites for hydroxylation is 1. The van der Waals surface area contributed by atoms with Crippen molar-refractivity contribution in [2.24, 2.45) is 0 Å². The summed E-state index contributed by atoms with van der Waals surface area (Å²) in [4.78, 5) is 1.16. The molecule has 1 N–H and O–H groups in total. The minimum Gasteiger partial charge on any atom is -0.496 e. The maximum Gasteiger partial charge on any atom is 0.132 e. The van der Waals surface area contributed by atoms with E-state index >= 15 is 0 Å². The van der Waals surface area contributed by atoms with E-state index in [1.165, 1.54) is 6.07 Å². The number of methoxy groups -OCH3 is 1. The van der Waals surface area contributed by atoms with Gasteiger partial charge in [-0.2, -0.15) is 0 Å². The summed E-state index contributed by atoms with van der Waals surface area (Å²) in [6.45, 7) is 4.80. The van der Waals surface area contributed by atoms with Crippen LogP contribution in [0.25, 0.3) is 0 Å². The smallest absolute Gasteiger partial charge is 0.132 e. The van der Waals surface area contributed by atoms with Gasteiger partial charge in [0.15, 0.2) is 0 Å². The molecule has 1 heterocycles. The Morgan fingerprint density at radius 2 is 2.20 bits per heavy atom. The van der Waals surface area contributed by atoms with Gasteiger partial charge in [0.2, 0.25) is 0 Å². The van der Waals surface area contributed by atoms with E-state index in [1.54, 1.807) is 30.6 Å². The Hall–Kier alpha value is -0.910. The van der Waals surface area contributed by atoms with Gasteiger partial charge in [0, 0.05) is 4.88 Å². The predicted octanol–water partition coefficient (Wildman–Crippen LogP) is 4.67. The summed E-state index contributed by atoms with van der Waals surface area (Å²) < 4.78 is 20.7. The van der Waals surface area contributed by atoms with E-state index in [2.05, 4.69) is 21.2 Å². The third-order valence-corrected chi connectivity index (χ3v) is 4.74. The fourth-order valence-electron chi connectivity index (χ4n) is 2.29. The van der Waals surface area contributed by atoms with Crippen molar-refractivity contribution in [3.8, 4) is 5.75 Å². The van der Waals surface area contributed by atoms with Crippen molar-refractivity contribution in [1.29, 1.82) is 0 Å². The van der Waals surface area contributed by atoms with Crippen LogP contribution in [0.2, 0.25) is 0 Å². The van der Waals surface area contributed by atoms with E-state index in [-0.39, 0.29) is 11.9 Å². The zero-order chi connectivity index (χ0) is 14.7. The Bertz CT molecular complexity index is 600. The molecule has 2 nitrogen and oxygen atoms in total. The molecule has 0 aliphatic rings. The Labute approximate surface area is 131 Å². The fourth-order valence-corrected chi connectivity index (χ4v) is 4.04. The first kappa shape index (κ1) is 15.5. The second kappa shape index (κ2) is 6.70. The molecule has 0 amide bonds. The average Bonchev–Trinajstić information content (AvgIpc) is 2.75. The summed E-state index contributed by atoms with van der Waals surface area (Å²) in [5.74, 6) is 0.315. The quantitative estimate of drug-likeness (QED) is 0.839. The molecule has 20 heavy (non-hydrogen) atoms. The third kappa shape index (κ3) is 3.05. The fraction of sp³-hybridized carbons (Fsp3) is 0.333. The summed E-state index contributed by atoms with van der Waals surface area (Å²) in [6, 6.07) is 6.76. The van der Waals surface area contributed by atoms with Crippen molar-refractivity contribution < 1.29 is 9.13 Å². The molecule has 0 radical (unpaired) electrons. The average molecular weight is 358 g/mol. The van der Waals surface area contributed by atoms with Gasteiger partial charge in [0.25, 0.3) is 0 Å². The molecule has 0 spiro atoms. The third-order valence-electron chi connectivity index (χ3n) is 3.17. The first-order valence-electron chi connectivity index (χ1n) is 6.40. The molecule has 0 fully saturated rings. The molecule has 2 rings (SSSR count). The van der Waals surface area contributed by atoms with Crippen LogP contribution in [0.1, 0.15) is 29.0 Å². The Morgan fingerprint density at radius 1 is 1.45 bits per heavy atom. The van der Waals surface area contributed by atoms with E-state index < -0.39 is 0 Å². The van der Waals surface area contributed by atoms with Gasteiger partial charge in [-0.05, 0) is 53.2 Å². The Balaban J connectivity index is 2.57. The van der Waals surface area contributed by atoms with E-state index in [0.717, 1.165) is 20.8 Å². The largest absolute Gasteiger partial charge is 0.496 e. The highest BCUT2D eigenvalue weighted by molar-refractivity contribution is 9.11. The maximum atomic E-state index is 14.3. The molecule has 108 valence electrons. The van der Waals surface area contributed by atoms with Crippen LogP contribution in [0.5, 0.6) is 5.75 Å². The number of benzene rings is 1. The van der Waals surface area contributed by atoms with Crippen molar-refractivity contribution in [3.05, 3.63) is 49.9 Å². The molecule has 0 bridgehead atoms. The number of halogens is 2. The molecular formula is C15H17BrFNOS. The maximum absolute atomic E-state index is 14.3. The first-order chi connectivity index (χ1) is 9.58. The van der Waals surface area contributed by atoms with Crippen LogP contribution < -0.4 is 10.1 Å². The standard InChI is InChI=1S/C15H17BrFNOS/c1-4-18-15(10-8-13(16)20-9(10)2)14-11(17)6-5-7-12(14)19-3/h5-8,15,18H,4H2,1-3H3. The van der Waals surface area contributed by atoms with Gasteiger partial charge < -0.3 is 10.1 Å². The van der Waals surface area contributed by atoms with Gasteiger partial charge >= 0.3 is 0 Å². The number of ether oxygens (including phenoxy) is 1. The lowest BCUT2D eigenvalue weighted by atomic mass is 9.98. The lowest BCUT2D eigenvalue weighted by Gasteiger charge is -2.21. The molecule has 0 saturated heterocycles. The first-order valence-corrected chi connectivity index (χ1v) is 8.01. The Kier molecular flexibility index (Phi) is 5.18. The molecular weight excluding hydrogens is 341 g/mol. The molecule has 0 saturated carbocycles. The summed E-state index contributed by atoms with van der Waals surface area (Å²) >= 11 is 5.15. The van der Waals surface area contributed by atoms with Gasteiger partial charge in [0.05, 0.1) is 22.5 Å². The molecule has 1 atom stereocenters. The topological polar surface area (TPSA) is 21.3 Å². The van der Waals surface area contributed by atoms with E-state index in [0.29, 0.717) is 11.3 Å². The summed E-state index contributed by atoms with van der Waals surface area (Å²) in [7, 11) is 1.57. The number of thiophene rings is 1. The summed E-state index contributed by atoms with van der Waals surface area (Å²) in [5, 5.41) is 3.35. The molecule has 1 aromatic carbocycles. The summed E-state index contributed by atoms with van der Waals surface area (Å²) in [5.41, 5.74) is 1.64. The SMILES string of the molecule is CCNC(c1cc(Br)sc1C)c1c(F)cccc1OC. The zero-order valence-corrected chi connectivity index (χ0v) is 14.1. The lowest BCUT2D eigenvalue weighted by Crippen LogP contribution is -2.23. The molecule has 0 aliphatic carbocycles. The van der Waals surface area contributed by atoms with Crippen LogP contribution in [0.4, 0.5) is 4.39 Å². The van der Waals surface area contributed by atoms with Crippen molar-refractivity contribution in [3.63, 3.8) is 0 Å². The van der Waals surface area contributed by atoms with E-state index in [4.69, 9.17) is 4.74 Å². The minimum absolute atomic E-state index is 0.210. The van der Waals surface area contributed by atoms with Crippen LogP contribution in [-0.4, -0.2) is 13.7 Å². The normalized spacial score (nSPS) is 12.4. The van der Waals surface area contributed by atoms with Crippen molar-refractivity contribution in [2.45, 2.75) is 19.9 Å². The lowest BCUT2D eigenvalue weighted by molar-refractivity contribution is 0.397. The second-order valence-electron chi connectivity index (χ2n) is 4.41. The summed E-state index contributed by atoms with van der Waals surface area (Å²) in [6.07, 6.45) is 0. The molecule has 0 aliphatic heterocycles. The van der Waals surface area contributed by atoms with Crippen LogP contribution in [0.3, 0.4) is 0 Å². The van der Waals surface area contributed by atoms with Gasteiger partial charge in [-0.25, -0.2) is 4.39 Å². The van der Waals surface area contributed by atoms with Crippen molar-refractivity contribution >= 4 is 27.3 Å². The van der Waals surface area contributed by atoms with Crippen molar-refractivity contribution in [1.82, 2.24) is 5.32 Å². The molecule has 1 aromatic heterocycles. The van der Waals surface area contributed by atoms with Gasteiger partial charge in [-0.15, -0.1) is 11.3 Å². The number of hydrogen-bond acceptors (Lipinski definition) is 3. The van der Waals surface area contributed by atoms with Crippen LogP contribution >= 0.6 is 27.3 Å². The van der Waals surface area contributed by atoms with E-state index in [1.807, 2.05) is 19.9 Å². The minimum atomic E-state index is -0.253. The molecule has 1 unspecified atom stereocenters.